The molecule has 2 heterocycles. The predicted octanol–water partition coefficient (Wildman–Crippen LogP) is 2.32. The maximum atomic E-state index is 4.36. The molecule has 0 spiro atoms. The Kier molecular flexibility index (Phi) is 2.48. The van der Waals surface area contributed by atoms with Crippen LogP contribution >= 0.6 is 0 Å². The van der Waals surface area contributed by atoms with Gasteiger partial charge in [0.05, 0.1) is 0 Å². The molecule has 1 aliphatic rings. The fraction of sp³-hybridized carbons (Fsp3) is 0.545. The van der Waals surface area contributed by atoms with Crippen LogP contribution in [0.15, 0.2) is 24.4 Å². The largest absolute Gasteiger partial charge is 0.356 e. The van der Waals surface area contributed by atoms with Crippen molar-refractivity contribution in [2.45, 2.75) is 19.8 Å². The van der Waals surface area contributed by atoms with Crippen LogP contribution < -0.4 is 4.90 Å². The van der Waals surface area contributed by atoms with E-state index in [-0.39, 0.29) is 0 Å². The zero-order valence-corrected chi connectivity index (χ0v) is 8.11. The third-order valence-corrected chi connectivity index (χ3v) is 2.84. The van der Waals surface area contributed by atoms with E-state index in [2.05, 4.69) is 28.9 Å². The van der Waals surface area contributed by atoms with E-state index in [0.717, 1.165) is 11.7 Å². The molecule has 1 aromatic heterocycles. The summed E-state index contributed by atoms with van der Waals surface area (Å²) in [5, 5.41) is 0. The van der Waals surface area contributed by atoms with Gasteiger partial charge in [-0.05, 0) is 24.5 Å². The Hall–Kier alpha value is -1.05. The first kappa shape index (κ1) is 8.54. The first-order chi connectivity index (χ1) is 6.40. The molecule has 1 fully saturated rings. The molecule has 2 heteroatoms. The Morgan fingerprint density at radius 2 is 2.46 bits per heavy atom. The second kappa shape index (κ2) is 3.77. The number of pyridine rings is 1. The first-order valence-electron chi connectivity index (χ1n) is 5.06. The van der Waals surface area contributed by atoms with Crippen LogP contribution in [0.25, 0.3) is 0 Å². The van der Waals surface area contributed by atoms with Crippen LogP contribution in [0.3, 0.4) is 0 Å². The van der Waals surface area contributed by atoms with Gasteiger partial charge in [-0.2, -0.15) is 0 Å². The summed E-state index contributed by atoms with van der Waals surface area (Å²) in [4.78, 5) is 6.74. The highest BCUT2D eigenvalue weighted by Gasteiger charge is 2.21. The van der Waals surface area contributed by atoms with E-state index in [1.54, 1.807) is 0 Å². The van der Waals surface area contributed by atoms with E-state index in [1.807, 2.05) is 12.3 Å². The average molecular weight is 176 g/mol. The Bertz CT molecular complexity index is 258. The molecule has 1 aliphatic heterocycles. The van der Waals surface area contributed by atoms with Crippen molar-refractivity contribution in [1.29, 1.82) is 0 Å². The van der Waals surface area contributed by atoms with E-state index in [4.69, 9.17) is 0 Å². The summed E-state index contributed by atoms with van der Waals surface area (Å²) in [6, 6.07) is 6.12. The van der Waals surface area contributed by atoms with Gasteiger partial charge in [0.2, 0.25) is 0 Å². The number of aromatic nitrogens is 1. The second-order valence-corrected chi connectivity index (χ2v) is 3.70. The van der Waals surface area contributed by atoms with Gasteiger partial charge in [0.1, 0.15) is 5.82 Å². The number of hydrogen-bond donors (Lipinski definition) is 0. The highest BCUT2D eigenvalue weighted by atomic mass is 15.2. The van der Waals surface area contributed by atoms with Crippen LogP contribution in [0.4, 0.5) is 5.82 Å². The van der Waals surface area contributed by atoms with Crippen molar-refractivity contribution in [1.82, 2.24) is 4.98 Å². The van der Waals surface area contributed by atoms with Gasteiger partial charge in [0.25, 0.3) is 0 Å². The van der Waals surface area contributed by atoms with E-state index >= 15 is 0 Å². The van der Waals surface area contributed by atoms with Gasteiger partial charge in [0, 0.05) is 19.3 Å². The van der Waals surface area contributed by atoms with Crippen molar-refractivity contribution < 1.29 is 0 Å². The molecule has 0 bridgehead atoms. The van der Waals surface area contributed by atoms with Crippen LogP contribution in [-0.2, 0) is 0 Å². The molecule has 1 unspecified atom stereocenters. The van der Waals surface area contributed by atoms with E-state index in [9.17, 15) is 0 Å². The van der Waals surface area contributed by atoms with Crippen LogP contribution in [0.5, 0.6) is 0 Å². The Morgan fingerprint density at radius 1 is 1.54 bits per heavy atom. The van der Waals surface area contributed by atoms with Crippen molar-refractivity contribution in [3.8, 4) is 0 Å². The average Bonchev–Trinajstić information content (AvgIpc) is 2.67. The van der Waals surface area contributed by atoms with Gasteiger partial charge >= 0.3 is 0 Å². The molecule has 0 aliphatic carbocycles. The lowest BCUT2D eigenvalue weighted by atomic mass is 10.1. The van der Waals surface area contributed by atoms with E-state index < -0.39 is 0 Å². The molecular weight excluding hydrogens is 160 g/mol. The molecule has 0 saturated carbocycles. The van der Waals surface area contributed by atoms with Crippen LogP contribution in [0, 0.1) is 5.92 Å². The minimum atomic E-state index is 0.877. The summed E-state index contributed by atoms with van der Waals surface area (Å²) in [7, 11) is 0. The molecule has 0 radical (unpaired) electrons. The SMILES string of the molecule is CCC1CCN(c2ccccn2)C1. The normalized spacial score (nSPS) is 22.2. The van der Waals surface area contributed by atoms with Crippen molar-refractivity contribution in [2.75, 3.05) is 18.0 Å². The van der Waals surface area contributed by atoms with Gasteiger partial charge in [-0.1, -0.05) is 19.4 Å². The number of anilines is 1. The van der Waals surface area contributed by atoms with Crippen molar-refractivity contribution in [2.24, 2.45) is 5.92 Å². The molecule has 2 rings (SSSR count). The minimum Gasteiger partial charge on any atom is -0.356 e. The number of rotatable bonds is 2. The van der Waals surface area contributed by atoms with Crippen molar-refractivity contribution in [3.63, 3.8) is 0 Å². The summed E-state index contributed by atoms with van der Waals surface area (Å²) < 4.78 is 0. The summed E-state index contributed by atoms with van der Waals surface area (Å²) in [5.74, 6) is 2.01. The Balaban J connectivity index is 2.04. The Labute approximate surface area is 79.6 Å². The monoisotopic (exact) mass is 176 g/mol. The fourth-order valence-electron chi connectivity index (χ4n) is 1.91. The summed E-state index contributed by atoms with van der Waals surface area (Å²) >= 11 is 0. The molecule has 0 N–H and O–H groups in total. The molecule has 0 aromatic carbocycles. The zero-order valence-electron chi connectivity index (χ0n) is 8.11. The van der Waals surface area contributed by atoms with E-state index in [0.29, 0.717) is 0 Å². The molecule has 1 atom stereocenters. The summed E-state index contributed by atoms with van der Waals surface area (Å²) in [6.07, 6.45) is 4.49. The third-order valence-electron chi connectivity index (χ3n) is 2.84. The summed E-state index contributed by atoms with van der Waals surface area (Å²) in [5.41, 5.74) is 0. The first-order valence-corrected chi connectivity index (χ1v) is 5.06. The molecule has 1 aromatic rings. The van der Waals surface area contributed by atoms with Gasteiger partial charge in [-0.3, -0.25) is 0 Å². The number of hydrogen-bond acceptors (Lipinski definition) is 2. The quantitative estimate of drug-likeness (QED) is 0.687. The predicted molar refractivity (Wildman–Crippen MR) is 54.8 cm³/mol. The lowest BCUT2D eigenvalue weighted by Crippen LogP contribution is -2.20. The molecular formula is C11H16N2. The molecule has 13 heavy (non-hydrogen) atoms. The van der Waals surface area contributed by atoms with Gasteiger partial charge in [-0.25, -0.2) is 4.98 Å². The molecule has 2 nitrogen and oxygen atoms in total. The highest BCUT2D eigenvalue weighted by molar-refractivity contribution is 5.38. The lowest BCUT2D eigenvalue weighted by Gasteiger charge is -2.16. The van der Waals surface area contributed by atoms with Gasteiger partial charge < -0.3 is 4.90 Å². The van der Waals surface area contributed by atoms with Crippen molar-refractivity contribution in [3.05, 3.63) is 24.4 Å². The second-order valence-electron chi connectivity index (χ2n) is 3.70. The zero-order chi connectivity index (χ0) is 9.10. The fourth-order valence-corrected chi connectivity index (χ4v) is 1.91. The van der Waals surface area contributed by atoms with Crippen LogP contribution in [0.2, 0.25) is 0 Å². The molecule has 70 valence electrons. The van der Waals surface area contributed by atoms with Gasteiger partial charge in [-0.15, -0.1) is 0 Å². The maximum Gasteiger partial charge on any atom is 0.128 e. The third kappa shape index (κ3) is 1.82. The highest BCUT2D eigenvalue weighted by Crippen LogP contribution is 2.23. The standard InChI is InChI=1S/C11H16N2/c1-2-10-6-8-13(9-10)11-5-3-4-7-12-11/h3-5,7,10H,2,6,8-9H2,1H3. The van der Waals surface area contributed by atoms with Crippen LogP contribution in [-0.4, -0.2) is 18.1 Å². The summed E-state index contributed by atoms with van der Waals surface area (Å²) in [6.45, 7) is 4.63. The van der Waals surface area contributed by atoms with Gasteiger partial charge in [0.15, 0.2) is 0 Å². The minimum absolute atomic E-state index is 0.877. The lowest BCUT2D eigenvalue weighted by molar-refractivity contribution is 0.569. The van der Waals surface area contributed by atoms with E-state index in [1.165, 1.54) is 25.9 Å². The van der Waals surface area contributed by atoms with Crippen LogP contribution in [0.1, 0.15) is 19.8 Å². The molecule has 0 amide bonds. The number of nitrogens with zero attached hydrogens (tertiary/aromatic N) is 2. The smallest absolute Gasteiger partial charge is 0.128 e. The van der Waals surface area contributed by atoms with Crippen molar-refractivity contribution >= 4 is 5.82 Å². The Morgan fingerprint density at radius 3 is 3.08 bits per heavy atom. The maximum absolute atomic E-state index is 4.36. The topological polar surface area (TPSA) is 16.1 Å². The molecule has 1 saturated heterocycles.